The van der Waals surface area contributed by atoms with Crippen molar-refractivity contribution in [3.63, 3.8) is 0 Å². The Balaban J connectivity index is 3.06. The molecule has 1 atom stereocenters. The SMILES string of the molecule is CCNC(C)COCCOC(C)C. The van der Waals surface area contributed by atoms with Gasteiger partial charge in [-0.1, -0.05) is 6.92 Å². The molecular weight excluding hydrogens is 166 g/mol. The van der Waals surface area contributed by atoms with E-state index in [4.69, 9.17) is 9.47 Å². The van der Waals surface area contributed by atoms with Gasteiger partial charge >= 0.3 is 0 Å². The molecule has 0 radical (unpaired) electrons. The second kappa shape index (κ2) is 8.48. The highest BCUT2D eigenvalue weighted by Gasteiger charge is 1.99. The van der Waals surface area contributed by atoms with Crippen LogP contribution in [0.4, 0.5) is 0 Å². The molecular formula is C10H23NO2. The first-order valence-corrected chi connectivity index (χ1v) is 5.09. The van der Waals surface area contributed by atoms with Gasteiger partial charge < -0.3 is 14.8 Å². The number of hydrogen-bond donors (Lipinski definition) is 1. The quantitative estimate of drug-likeness (QED) is 0.586. The van der Waals surface area contributed by atoms with E-state index in [0.717, 1.165) is 13.2 Å². The minimum absolute atomic E-state index is 0.301. The third-order valence-corrected chi connectivity index (χ3v) is 1.60. The van der Waals surface area contributed by atoms with Gasteiger partial charge in [-0.15, -0.1) is 0 Å². The van der Waals surface area contributed by atoms with Crippen LogP contribution in [-0.2, 0) is 9.47 Å². The summed E-state index contributed by atoms with van der Waals surface area (Å²) in [7, 11) is 0. The summed E-state index contributed by atoms with van der Waals surface area (Å²) in [6, 6.07) is 0.434. The van der Waals surface area contributed by atoms with Crippen LogP contribution in [0.2, 0.25) is 0 Å². The number of likely N-dealkylation sites (N-methyl/N-ethyl adjacent to an activating group) is 1. The van der Waals surface area contributed by atoms with Gasteiger partial charge in [-0.3, -0.25) is 0 Å². The molecule has 0 saturated heterocycles. The summed E-state index contributed by atoms with van der Waals surface area (Å²) in [6.07, 6.45) is 0.301. The first-order chi connectivity index (χ1) is 6.16. The molecule has 0 heterocycles. The highest BCUT2D eigenvalue weighted by atomic mass is 16.5. The molecule has 3 nitrogen and oxygen atoms in total. The van der Waals surface area contributed by atoms with Crippen LogP contribution < -0.4 is 5.32 Å². The number of hydrogen-bond acceptors (Lipinski definition) is 3. The molecule has 1 unspecified atom stereocenters. The number of ether oxygens (including phenoxy) is 2. The van der Waals surface area contributed by atoms with Gasteiger partial charge in [0.25, 0.3) is 0 Å². The van der Waals surface area contributed by atoms with Crippen LogP contribution in [0.3, 0.4) is 0 Å². The van der Waals surface area contributed by atoms with E-state index in [-0.39, 0.29) is 0 Å². The Morgan fingerprint density at radius 2 is 1.85 bits per heavy atom. The lowest BCUT2D eigenvalue weighted by Gasteiger charge is -2.13. The van der Waals surface area contributed by atoms with Crippen LogP contribution in [0, 0.1) is 0 Å². The number of rotatable bonds is 8. The maximum atomic E-state index is 5.41. The first-order valence-electron chi connectivity index (χ1n) is 5.09. The lowest BCUT2D eigenvalue weighted by molar-refractivity contribution is 0.0151. The Morgan fingerprint density at radius 1 is 1.15 bits per heavy atom. The van der Waals surface area contributed by atoms with E-state index in [2.05, 4.69) is 19.2 Å². The summed E-state index contributed by atoms with van der Waals surface area (Å²) in [5, 5.41) is 3.28. The normalized spacial score (nSPS) is 13.6. The van der Waals surface area contributed by atoms with Gasteiger partial charge in [-0.05, 0) is 27.3 Å². The van der Waals surface area contributed by atoms with Crippen molar-refractivity contribution in [3.8, 4) is 0 Å². The zero-order valence-electron chi connectivity index (χ0n) is 9.30. The van der Waals surface area contributed by atoms with Gasteiger partial charge in [-0.2, -0.15) is 0 Å². The molecule has 13 heavy (non-hydrogen) atoms. The fourth-order valence-corrected chi connectivity index (χ4v) is 1.01. The van der Waals surface area contributed by atoms with E-state index in [1.54, 1.807) is 0 Å². The van der Waals surface area contributed by atoms with Crippen molar-refractivity contribution in [1.29, 1.82) is 0 Å². The molecule has 3 heteroatoms. The van der Waals surface area contributed by atoms with E-state index in [1.807, 2.05) is 13.8 Å². The third-order valence-electron chi connectivity index (χ3n) is 1.60. The second-order valence-corrected chi connectivity index (χ2v) is 3.45. The van der Waals surface area contributed by atoms with Gasteiger partial charge in [0.2, 0.25) is 0 Å². The average Bonchev–Trinajstić information content (AvgIpc) is 2.03. The van der Waals surface area contributed by atoms with Crippen LogP contribution >= 0.6 is 0 Å². The molecule has 0 aromatic carbocycles. The molecule has 0 aromatic heterocycles. The Labute approximate surface area is 81.8 Å². The Kier molecular flexibility index (Phi) is 8.40. The summed E-state index contributed by atoms with van der Waals surface area (Å²) in [5.41, 5.74) is 0. The molecule has 0 saturated carbocycles. The first kappa shape index (κ1) is 12.9. The van der Waals surface area contributed by atoms with Crippen LogP contribution in [0.25, 0.3) is 0 Å². The van der Waals surface area contributed by atoms with Gasteiger partial charge in [0, 0.05) is 6.04 Å². The van der Waals surface area contributed by atoms with Crippen molar-refractivity contribution in [2.45, 2.75) is 39.8 Å². The molecule has 0 rings (SSSR count). The van der Waals surface area contributed by atoms with E-state index < -0.39 is 0 Å². The van der Waals surface area contributed by atoms with Crippen LogP contribution in [0.1, 0.15) is 27.7 Å². The molecule has 0 aliphatic carbocycles. The van der Waals surface area contributed by atoms with Gasteiger partial charge in [-0.25, -0.2) is 0 Å². The van der Waals surface area contributed by atoms with Crippen molar-refractivity contribution in [1.82, 2.24) is 5.32 Å². The molecule has 0 aliphatic rings. The lowest BCUT2D eigenvalue weighted by atomic mass is 10.3. The Bertz CT molecular complexity index is 107. The molecule has 0 amide bonds. The molecule has 1 N–H and O–H groups in total. The van der Waals surface area contributed by atoms with Gasteiger partial charge in [0.1, 0.15) is 0 Å². The summed E-state index contributed by atoms with van der Waals surface area (Å²) >= 11 is 0. The fourth-order valence-electron chi connectivity index (χ4n) is 1.01. The molecule has 0 bridgehead atoms. The van der Waals surface area contributed by atoms with E-state index in [0.29, 0.717) is 25.4 Å². The van der Waals surface area contributed by atoms with Crippen molar-refractivity contribution in [2.24, 2.45) is 0 Å². The maximum absolute atomic E-state index is 5.41. The van der Waals surface area contributed by atoms with Crippen LogP contribution in [0.5, 0.6) is 0 Å². The second-order valence-electron chi connectivity index (χ2n) is 3.45. The molecule has 80 valence electrons. The summed E-state index contributed by atoms with van der Waals surface area (Å²) in [5.74, 6) is 0. The van der Waals surface area contributed by atoms with Gasteiger partial charge in [0.05, 0.1) is 25.9 Å². The zero-order chi connectivity index (χ0) is 10.1. The zero-order valence-corrected chi connectivity index (χ0v) is 9.30. The molecule has 0 fully saturated rings. The summed E-state index contributed by atoms with van der Waals surface area (Å²) in [6.45, 7) is 11.4. The van der Waals surface area contributed by atoms with E-state index in [9.17, 15) is 0 Å². The Morgan fingerprint density at radius 3 is 2.38 bits per heavy atom. The largest absolute Gasteiger partial charge is 0.377 e. The molecule has 0 spiro atoms. The lowest BCUT2D eigenvalue weighted by Crippen LogP contribution is -2.30. The topological polar surface area (TPSA) is 30.5 Å². The highest BCUT2D eigenvalue weighted by molar-refractivity contribution is 4.56. The minimum Gasteiger partial charge on any atom is -0.377 e. The molecule has 0 aliphatic heterocycles. The smallest absolute Gasteiger partial charge is 0.0703 e. The summed E-state index contributed by atoms with van der Waals surface area (Å²) < 4.78 is 10.7. The fraction of sp³-hybridized carbons (Fsp3) is 1.00. The van der Waals surface area contributed by atoms with E-state index in [1.165, 1.54) is 0 Å². The van der Waals surface area contributed by atoms with E-state index >= 15 is 0 Å². The van der Waals surface area contributed by atoms with Crippen molar-refractivity contribution in [3.05, 3.63) is 0 Å². The Hall–Kier alpha value is -0.120. The summed E-state index contributed by atoms with van der Waals surface area (Å²) in [4.78, 5) is 0. The monoisotopic (exact) mass is 189 g/mol. The minimum atomic E-state index is 0.301. The van der Waals surface area contributed by atoms with Crippen molar-refractivity contribution < 1.29 is 9.47 Å². The van der Waals surface area contributed by atoms with Crippen molar-refractivity contribution >= 4 is 0 Å². The third kappa shape index (κ3) is 9.80. The standard InChI is InChI=1S/C10H23NO2/c1-5-11-10(4)8-12-6-7-13-9(2)3/h9-11H,5-8H2,1-4H3. The van der Waals surface area contributed by atoms with Gasteiger partial charge in [0.15, 0.2) is 0 Å². The van der Waals surface area contributed by atoms with Crippen LogP contribution in [-0.4, -0.2) is 38.5 Å². The van der Waals surface area contributed by atoms with Crippen molar-refractivity contribution in [2.75, 3.05) is 26.4 Å². The number of nitrogens with one attached hydrogen (secondary N) is 1. The molecule has 0 aromatic rings. The average molecular weight is 189 g/mol. The van der Waals surface area contributed by atoms with Crippen LogP contribution in [0.15, 0.2) is 0 Å². The maximum Gasteiger partial charge on any atom is 0.0703 e. The predicted octanol–water partition coefficient (Wildman–Crippen LogP) is 1.43. The highest BCUT2D eigenvalue weighted by Crippen LogP contribution is 1.88. The predicted molar refractivity (Wildman–Crippen MR) is 55.0 cm³/mol.